The molecule has 0 saturated heterocycles. The van der Waals surface area contributed by atoms with Gasteiger partial charge in [-0.05, 0) is 50.0 Å². The van der Waals surface area contributed by atoms with Gasteiger partial charge >= 0.3 is 0 Å². The standard InChI is InChI=1S/C21H34O4SSi/c1-19-13-15-20(16-14-19)26(22,23)24-17-11-9-7-8-10-12-18-25-27(5,6)21(2,3)4/h13-16H,7-8,10,12,17-18H2,1-6H3. The fourth-order valence-corrected chi connectivity index (χ4v) is 3.96. The van der Waals surface area contributed by atoms with Crippen molar-refractivity contribution in [3.05, 3.63) is 29.8 Å². The van der Waals surface area contributed by atoms with E-state index < -0.39 is 18.4 Å². The Morgan fingerprint density at radius 2 is 1.63 bits per heavy atom. The van der Waals surface area contributed by atoms with Crippen LogP contribution in [0.2, 0.25) is 18.1 Å². The van der Waals surface area contributed by atoms with Crippen LogP contribution in [0, 0.1) is 18.8 Å². The van der Waals surface area contributed by atoms with Gasteiger partial charge in [0.1, 0.15) is 6.61 Å². The Labute approximate surface area is 166 Å². The van der Waals surface area contributed by atoms with Gasteiger partial charge in [0.05, 0.1) is 4.90 Å². The van der Waals surface area contributed by atoms with Gasteiger partial charge in [-0.1, -0.05) is 50.8 Å². The predicted molar refractivity (Wildman–Crippen MR) is 114 cm³/mol. The van der Waals surface area contributed by atoms with Crippen LogP contribution in [0.15, 0.2) is 29.2 Å². The average Bonchev–Trinajstić information content (AvgIpc) is 2.55. The van der Waals surface area contributed by atoms with Crippen LogP contribution in [0.5, 0.6) is 0 Å². The predicted octanol–water partition coefficient (Wildman–Crippen LogP) is 5.29. The zero-order chi connectivity index (χ0) is 20.6. The van der Waals surface area contributed by atoms with Gasteiger partial charge in [-0.3, -0.25) is 4.18 Å². The third kappa shape index (κ3) is 8.61. The summed E-state index contributed by atoms with van der Waals surface area (Å²) in [6.45, 7) is 13.9. The molecule has 1 aromatic carbocycles. The van der Waals surface area contributed by atoms with E-state index >= 15 is 0 Å². The Balaban J connectivity index is 2.20. The maximum atomic E-state index is 12.0. The second kappa shape index (κ2) is 10.4. The van der Waals surface area contributed by atoms with Crippen LogP contribution < -0.4 is 0 Å². The highest BCUT2D eigenvalue weighted by molar-refractivity contribution is 7.86. The summed E-state index contributed by atoms with van der Waals surface area (Å²) >= 11 is 0. The molecule has 0 bridgehead atoms. The molecule has 0 aliphatic heterocycles. The Bertz CT molecular complexity index is 735. The van der Waals surface area contributed by atoms with Crippen LogP contribution >= 0.6 is 0 Å². The number of benzene rings is 1. The number of hydrogen-bond acceptors (Lipinski definition) is 4. The molecule has 0 radical (unpaired) electrons. The molecule has 0 aliphatic rings. The fraction of sp³-hybridized carbons (Fsp3) is 0.619. The molecule has 1 aromatic rings. The molecule has 4 nitrogen and oxygen atoms in total. The van der Waals surface area contributed by atoms with Crippen molar-refractivity contribution < 1.29 is 17.0 Å². The van der Waals surface area contributed by atoms with E-state index in [1.165, 1.54) is 0 Å². The highest BCUT2D eigenvalue weighted by Gasteiger charge is 2.36. The Kier molecular flexibility index (Phi) is 9.23. The second-order valence-corrected chi connectivity index (χ2v) is 14.7. The van der Waals surface area contributed by atoms with Crippen molar-refractivity contribution in [1.29, 1.82) is 0 Å². The van der Waals surface area contributed by atoms with Gasteiger partial charge in [-0.25, -0.2) is 0 Å². The maximum absolute atomic E-state index is 12.0. The highest BCUT2D eigenvalue weighted by Crippen LogP contribution is 2.36. The summed E-state index contributed by atoms with van der Waals surface area (Å²) < 4.78 is 35.1. The van der Waals surface area contributed by atoms with E-state index in [-0.39, 0.29) is 16.5 Å². The minimum atomic E-state index is -3.72. The third-order valence-electron chi connectivity index (χ3n) is 4.94. The van der Waals surface area contributed by atoms with Gasteiger partial charge in [-0.15, -0.1) is 5.92 Å². The molecule has 0 aromatic heterocycles. The lowest BCUT2D eigenvalue weighted by atomic mass is 10.2. The highest BCUT2D eigenvalue weighted by atomic mass is 32.2. The molecule has 152 valence electrons. The van der Waals surface area contributed by atoms with Crippen molar-refractivity contribution >= 4 is 18.4 Å². The zero-order valence-corrected chi connectivity index (χ0v) is 19.4. The smallest absolute Gasteiger partial charge is 0.297 e. The SMILES string of the molecule is Cc1ccc(S(=O)(=O)OCC#CCCCCCO[Si](C)(C)C(C)(C)C)cc1. The number of unbranched alkanes of at least 4 members (excludes halogenated alkanes) is 3. The quantitative estimate of drug-likeness (QED) is 0.240. The van der Waals surface area contributed by atoms with Crippen LogP contribution in [0.1, 0.15) is 52.0 Å². The average molecular weight is 411 g/mol. The molecule has 27 heavy (non-hydrogen) atoms. The minimum absolute atomic E-state index is 0.106. The summed E-state index contributed by atoms with van der Waals surface area (Å²) in [5.41, 5.74) is 1.00. The van der Waals surface area contributed by atoms with Crippen LogP contribution in [0.3, 0.4) is 0 Å². The first-order valence-corrected chi connectivity index (χ1v) is 13.8. The van der Waals surface area contributed by atoms with Gasteiger partial charge in [0, 0.05) is 13.0 Å². The molecule has 0 N–H and O–H groups in total. The van der Waals surface area contributed by atoms with Gasteiger partial charge in [-0.2, -0.15) is 8.42 Å². The first kappa shape index (κ1) is 23.9. The monoisotopic (exact) mass is 410 g/mol. The molecule has 0 fully saturated rings. The molecule has 0 amide bonds. The Morgan fingerprint density at radius 1 is 1.00 bits per heavy atom. The molecule has 0 heterocycles. The molecule has 0 unspecified atom stereocenters. The number of aryl methyl sites for hydroxylation is 1. The van der Waals surface area contributed by atoms with E-state index in [1.807, 2.05) is 6.92 Å². The first-order chi connectivity index (χ1) is 12.5. The zero-order valence-electron chi connectivity index (χ0n) is 17.6. The normalized spacial score (nSPS) is 12.5. The lowest BCUT2D eigenvalue weighted by Gasteiger charge is -2.36. The van der Waals surface area contributed by atoms with Crippen LogP contribution in [0.4, 0.5) is 0 Å². The minimum Gasteiger partial charge on any atom is -0.417 e. The van der Waals surface area contributed by atoms with Crippen molar-refractivity contribution in [2.75, 3.05) is 13.2 Å². The van der Waals surface area contributed by atoms with E-state index in [4.69, 9.17) is 8.61 Å². The largest absolute Gasteiger partial charge is 0.417 e. The molecular formula is C21H34O4SSi. The molecule has 6 heteroatoms. The Hall–Kier alpha value is -1.13. The molecular weight excluding hydrogens is 376 g/mol. The topological polar surface area (TPSA) is 52.6 Å². The Morgan fingerprint density at radius 3 is 2.22 bits per heavy atom. The van der Waals surface area contributed by atoms with Gasteiger partial charge < -0.3 is 4.43 Å². The van der Waals surface area contributed by atoms with Crippen molar-refractivity contribution in [1.82, 2.24) is 0 Å². The summed E-state index contributed by atoms with van der Waals surface area (Å²) in [5.74, 6) is 5.76. The third-order valence-corrected chi connectivity index (χ3v) is 10.8. The second-order valence-electron chi connectivity index (χ2n) is 8.30. The van der Waals surface area contributed by atoms with Gasteiger partial charge in [0.2, 0.25) is 0 Å². The van der Waals surface area contributed by atoms with Crippen LogP contribution in [0.25, 0.3) is 0 Å². The molecule has 0 aliphatic carbocycles. The molecule has 0 spiro atoms. The van der Waals surface area contributed by atoms with E-state index in [1.54, 1.807) is 24.3 Å². The first-order valence-electron chi connectivity index (χ1n) is 9.51. The van der Waals surface area contributed by atoms with Crippen molar-refractivity contribution in [2.24, 2.45) is 0 Å². The van der Waals surface area contributed by atoms with E-state index in [9.17, 15) is 8.42 Å². The fourth-order valence-electron chi connectivity index (χ4n) is 2.06. The molecule has 0 atom stereocenters. The van der Waals surface area contributed by atoms with E-state index in [0.717, 1.165) is 37.9 Å². The molecule has 0 saturated carbocycles. The lowest BCUT2D eigenvalue weighted by molar-refractivity contribution is 0.278. The van der Waals surface area contributed by atoms with Gasteiger partial charge in [0.15, 0.2) is 8.32 Å². The summed E-state index contributed by atoms with van der Waals surface area (Å²) in [5, 5.41) is 0.247. The summed E-state index contributed by atoms with van der Waals surface area (Å²) in [4.78, 5) is 0.164. The van der Waals surface area contributed by atoms with E-state index in [0.29, 0.717) is 0 Å². The molecule has 1 rings (SSSR count). The lowest BCUT2D eigenvalue weighted by Crippen LogP contribution is -2.40. The summed E-state index contributed by atoms with van der Waals surface area (Å²) in [6.07, 6.45) is 3.82. The van der Waals surface area contributed by atoms with Gasteiger partial charge in [0.25, 0.3) is 10.1 Å². The number of hydrogen-bond donors (Lipinski definition) is 0. The van der Waals surface area contributed by atoms with Crippen molar-refractivity contribution in [3.63, 3.8) is 0 Å². The summed E-state index contributed by atoms with van der Waals surface area (Å²) in [7, 11) is -5.36. The van der Waals surface area contributed by atoms with Crippen molar-refractivity contribution in [2.45, 2.75) is 76.4 Å². The van der Waals surface area contributed by atoms with Crippen molar-refractivity contribution in [3.8, 4) is 11.8 Å². The number of rotatable bonds is 9. The van der Waals surface area contributed by atoms with Crippen LogP contribution in [-0.4, -0.2) is 29.9 Å². The maximum Gasteiger partial charge on any atom is 0.297 e. The van der Waals surface area contributed by atoms with E-state index in [2.05, 4.69) is 45.7 Å². The summed E-state index contributed by atoms with van der Waals surface area (Å²) in [6, 6.07) is 6.58. The van der Waals surface area contributed by atoms with Crippen LogP contribution in [-0.2, 0) is 18.7 Å².